The van der Waals surface area contributed by atoms with Gasteiger partial charge in [0.05, 0.1) is 0 Å². The number of aromatic nitrogens is 2. The molecule has 3 rings (SSSR count). The zero-order valence-corrected chi connectivity index (χ0v) is 14.5. The largest absolute Gasteiger partial charge is 0.344 e. The number of carbonyl (C=O) groups is 2. The van der Waals surface area contributed by atoms with Crippen LogP contribution in [0.4, 0.5) is 16.4 Å². The van der Waals surface area contributed by atoms with Gasteiger partial charge in [0.2, 0.25) is 0 Å². The van der Waals surface area contributed by atoms with Crippen molar-refractivity contribution in [3.05, 3.63) is 35.7 Å². The number of urea groups is 1. The Morgan fingerprint density at radius 1 is 1.28 bits per heavy atom. The Kier molecular flexibility index (Phi) is 4.69. The lowest BCUT2D eigenvalue weighted by atomic mass is 10.1. The molecule has 8 heteroatoms. The van der Waals surface area contributed by atoms with Gasteiger partial charge in [0.15, 0.2) is 5.78 Å². The Morgan fingerprint density at radius 2 is 2.00 bits per heavy atom. The van der Waals surface area contributed by atoms with E-state index < -0.39 is 0 Å². The fourth-order valence-electron chi connectivity index (χ4n) is 2.79. The van der Waals surface area contributed by atoms with Crippen molar-refractivity contribution in [1.29, 1.82) is 0 Å². The minimum absolute atomic E-state index is 0.00873. The number of ketones is 1. The Hall–Kier alpha value is -2.90. The minimum atomic E-state index is -0.224. The fraction of sp³-hybridized carbons (Fsp3) is 0.412. The van der Waals surface area contributed by atoms with Crippen LogP contribution >= 0.6 is 0 Å². The smallest absolute Gasteiger partial charge is 0.322 e. The van der Waals surface area contributed by atoms with E-state index in [2.05, 4.69) is 15.5 Å². The second-order valence-electron chi connectivity index (χ2n) is 6.24. The normalized spacial score (nSPS) is 16.8. The maximum absolute atomic E-state index is 12.6. The zero-order chi connectivity index (χ0) is 18.0. The molecule has 1 atom stereocenters. The third kappa shape index (κ3) is 3.62. The summed E-state index contributed by atoms with van der Waals surface area (Å²) in [5.41, 5.74) is 1.25. The van der Waals surface area contributed by atoms with Gasteiger partial charge in [-0.1, -0.05) is 0 Å². The Balaban J connectivity index is 1.70. The van der Waals surface area contributed by atoms with Crippen molar-refractivity contribution < 1.29 is 14.1 Å². The van der Waals surface area contributed by atoms with Crippen molar-refractivity contribution >= 4 is 23.5 Å². The minimum Gasteiger partial charge on any atom is -0.344 e. The number of anilines is 2. The number of rotatable bonds is 4. The standard InChI is InChI=1S/C17H21N5O3/c1-11(23)12-6-8-13(9-7-12)18-17(24)22-10-4-5-14(22)15-19-16(20-25-15)21(2)3/h6-9,14H,4-5,10H2,1-3H3,(H,18,24)/t14-/m0/s1. The second kappa shape index (κ2) is 6.92. The number of hydrogen-bond acceptors (Lipinski definition) is 6. The maximum atomic E-state index is 12.6. The third-order valence-electron chi connectivity index (χ3n) is 4.17. The molecule has 2 aromatic rings. The molecular formula is C17H21N5O3. The number of nitrogens with zero attached hydrogens (tertiary/aromatic N) is 4. The highest BCUT2D eigenvalue weighted by atomic mass is 16.5. The van der Waals surface area contributed by atoms with Crippen LogP contribution in [0.2, 0.25) is 0 Å². The SMILES string of the molecule is CC(=O)c1ccc(NC(=O)N2CCC[C@H]2c2nc(N(C)C)no2)cc1. The predicted octanol–water partition coefficient (Wildman–Crippen LogP) is 2.71. The maximum Gasteiger partial charge on any atom is 0.322 e. The summed E-state index contributed by atoms with van der Waals surface area (Å²) >= 11 is 0. The molecule has 0 unspecified atom stereocenters. The Morgan fingerprint density at radius 3 is 2.60 bits per heavy atom. The van der Waals surface area contributed by atoms with Crippen LogP contribution in [0.5, 0.6) is 0 Å². The molecule has 0 saturated carbocycles. The van der Waals surface area contributed by atoms with E-state index in [-0.39, 0.29) is 17.9 Å². The summed E-state index contributed by atoms with van der Waals surface area (Å²) in [5, 5.41) is 6.77. The molecular weight excluding hydrogens is 322 g/mol. The van der Waals surface area contributed by atoms with Gasteiger partial charge in [-0.25, -0.2) is 4.79 Å². The first-order valence-electron chi connectivity index (χ1n) is 8.15. The molecule has 1 aliphatic heterocycles. The van der Waals surface area contributed by atoms with E-state index in [0.717, 1.165) is 12.8 Å². The zero-order valence-electron chi connectivity index (χ0n) is 14.5. The van der Waals surface area contributed by atoms with E-state index in [4.69, 9.17) is 4.52 Å². The molecule has 2 amide bonds. The molecule has 1 N–H and O–H groups in total. The van der Waals surface area contributed by atoms with E-state index in [9.17, 15) is 9.59 Å². The molecule has 0 radical (unpaired) electrons. The highest BCUT2D eigenvalue weighted by Gasteiger charge is 2.34. The van der Waals surface area contributed by atoms with Crippen LogP contribution in [-0.4, -0.2) is 47.5 Å². The molecule has 0 aliphatic carbocycles. The van der Waals surface area contributed by atoms with Gasteiger partial charge in [-0.2, -0.15) is 4.98 Å². The van der Waals surface area contributed by atoms with E-state index in [1.807, 2.05) is 14.1 Å². The third-order valence-corrected chi connectivity index (χ3v) is 4.17. The van der Waals surface area contributed by atoms with Gasteiger partial charge in [0.25, 0.3) is 11.8 Å². The van der Waals surface area contributed by atoms with Crippen LogP contribution in [0.3, 0.4) is 0 Å². The lowest BCUT2D eigenvalue weighted by molar-refractivity contribution is 0.101. The lowest BCUT2D eigenvalue weighted by Gasteiger charge is -2.22. The highest BCUT2D eigenvalue weighted by Crippen LogP contribution is 2.32. The number of likely N-dealkylation sites (tertiary alicyclic amines) is 1. The molecule has 0 bridgehead atoms. The van der Waals surface area contributed by atoms with Crippen LogP contribution in [-0.2, 0) is 0 Å². The van der Waals surface area contributed by atoms with Crippen LogP contribution < -0.4 is 10.2 Å². The summed E-state index contributed by atoms with van der Waals surface area (Å²) in [6.07, 6.45) is 1.66. The first kappa shape index (κ1) is 16.9. The average molecular weight is 343 g/mol. The molecule has 1 aromatic carbocycles. The van der Waals surface area contributed by atoms with Crippen molar-refractivity contribution in [2.45, 2.75) is 25.8 Å². The number of carbonyl (C=O) groups excluding carboxylic acids is 2. The monoisotopic (exact) mass is 343 g/mol. The molecule has 2 heterocycles. The summed E-state index contributed by atoms with van der Waals surface area (Å²) in [6, 6.07) is 6.38. The summed E-state index contributed by atoms with van der Waals surface area (Å²) < 4.78 is 5.32. The van der Waals surface area contributed by atoms with Gasteiger partial charge in [0, 0.05) is 31.9 Å². The topological polar surface area (TPSA) is 91.6 Å². The van der Waals surface area contributed by atoms with Crippen LogP contribution in [0, 0.1) is 0 Å². The van der Waals surface area contributed by atoms with Crippen molar-refractivity contribution in [2.75, 3.05) is 30.9 Å². The second-order valence-corrected chi connectivity index (χ2v) is 6.24. The molecule has 25 heavy (non-hydrogen) atoms. The first-order chi connectivity index (χ1) is 12.0. The summed E-state index contributed by atoms with van der Waals surface area (Å²) in [6.45, 7) is 2.14. The Bertz CT molecular complexity index is 769. The Labute approximate surface area is 145 Å². The van der Waals surface area contributed by atoms with Crippen molar-refractivity contribution in [1.82, 2.24) is 15.0 Å². The lowest BCUT2D eigenvalue weighted by Crippen LogP contribution is -2.34. The molecule has 132 valence electrons. The molecule has 1 aromatic heterocycles. The molecule has 1 fully saturated rings. The van der Waals surface area contributed by atoms with Gasteiger partial charge in [-0.3, -0.25) is 4.79 Å². The average Bonchev–Trinajstić information content (AvgIpc) is 3.24. The molecule has 1 aliphatic rings. The molecule has 8 nitrogen and oxygen atoms in total. The van der Waals surface area contributed by atoms with Crippen molar-refractivity contribution in [2.24, 2.45) is 0 Å². The van der Waals surface area contributed by atoms with Crippen molar-refractivity contribution in [3.8, 4) is 0 Å². The predicted molar refractivity (Wildman–Crippen MR) is 92.8 cm³/mol. The summed E-state index contributed by atoms with van der Waals surface area (Å²) in [5.74, 6) is 0.927. The number of nitrogens with one attached hydrogen (secondary N) is 1. The van der Waals surface area contributed by atoms with Crippen LogP contribution in [0.1, 0.15) is 42.1 Å². The van der Waals surface area contributed by atoms with Crippen LogP contribution in [0.15, 0.2) is 28.8 Å². The van der Waals surface area contributed by atoms with Crippen molar-refractivity contribution in [3.63, 3.8) is 0 Å². The van der Waals surface area contributed by atoms with Gasteiger partial charge in [-0.15, -0.1) is 0 Å². The number of hydrogen-bond donors (Lipinski definition) is 1. The fourth-order valence-corrected chi connectivity index (χ4v) is 2.79. The van der Waals surface area contributed by atoms with Gasteiger partial charge in [-0.05, 0) is 49.2 Å². The van der Waals surface area contributed by atoms with Gasteiger partial charge < -0.3 is 19.6 Å². The summed E-state index contributed by atoms with van der Waals surface area (Å²) in [4.78, 5) is 31.7. The number of Topliss-reactive ketones (excluding diaryl/α,β-unsaturated/α-hetero) is 1. The quantitative estimate of drug-likeness (QED) is 0.858. The van der Waals surface area contributed by atoms with Gasteiger partial charge in [0.1, 0.15) is 6.04 Å². The number of amides is 2. The van der Waals surface area contributed by atoms with E-state index in [0.29, 0.717) is 29.6 Å². The van der Waals surface area contributed by atoms with E-state index >= 15 is 0 Å². The van der Waals surface area contributed by atoms with Gasteiger partial charge >= 0.3 is 6.03 Å². The molecule has 1 saturated heterocycles. The number of benzene rings is 1. The summed E-state index contributed by atoms with van der Waals surface area (Å²) in [7, 11) is 3.66. The first-order valence-corrected chi connectivity index (χ1v) is 8.15. The van der Waals surface area contributed by atoms with E-state index in [1.54, 1.807) is 34.1 Å². The van der Waals surface area contributed by atoms with Crippen LogP contribution in [0.25, 0.3) is 0 Å². The highest BCUT2D eigenvalue weighted by molar-refractivity contribution is 5.95. The molecule has 0 spiro atoms. The van der Waals surface area contributed by atoms with E-state index in [1.165, 1.54) is 6.92 Å².